The van der Waals surface area contributed by atoms with E-state index in [1.807, 2.05) is 0 Å². The molecule has 1 amide bonds. The Morgan fingerprint density at radius 3 is 2.16 bits per heavy atom. The molecule has 0 aromatic heterocycles. The highest BCUT2D eigenvalue weighted by Crippen LogP contribution is 2.30. The van der Waals surface area contributed by atoms with Gasteiger partial charge in [-0.25, -0.2) is 4.39 Å². The van der Waals surface area contributed by atoms with E-state index in [2.05, 4.69) is 16.0 Å². The second-order valence-corrected chi connectivity index (χ2v) is 9.00. The van der Waals surface area contributed by atoms with Gasteiger partial charge in [-0.05, 0) is 51.2 Å². The van der Waals surface area contributed by atoms with Crippen molar-refractivity contribution in [2.45, 2.75) is 96.1 Å². The number of rotatable bonds is 10. The number of halogens is 1. The van der Waals surface area contributed by atoms with Gasteiger partial charge in [0.05, 0.1) is 17.9 Å². The summed E-state index contributed by atoms with van der Waals surface area (Å²) in [7, 11) is 0. The van der Waals surface area contributed by atoms with Gasteiger partial charge in [0.15, 0.2) is 0 Å². The van der Waals surface area contributed by atoms with Crippen molar-refractivity contribution in [2.24, 2.45) is 0 Å². The van der Waals surface area contributed by atoms with Gasteiger partial charge in [0.2, 0.25) is 0 Å². The van der Waals surface area contributed by atoms with Crippen molar-refractivity contribution < 1.29 is 18.7 Å². The largest absolute Gasteiger partial charge is 0.466 e. The standard InChI is InChI=1S/C25H38FN3O3/c1-2-32-24(30)14-9-15-27-25(31)20-16-21(26)23(29-19-10-5-3-4-6-11-19)17-22(20)28-18-12-7-8-13-18/h16-19,28-29H,2-15H2,1H3,(H,27,31). The molecule has 2 aliphatic rings. The fourth-order valence-corrected chi connectivity index (χ4v) is 4.69. The highest BCUT2D eigenvalue weighted by molar-refractivity contribution is 6.00. The summed E-state index contributed by atoms with van der Waals surface area (Å²) < 4.78 is 19.9. The van der Waals surface area contributed by atoms with Crippen molar-refractivity contribution in [3.8, 4) is 0 Å². The predicted molar refractivity (Wildman–Crippen MR) is 126 cm³/mol. The van der Waals surface area contributed by atoms with E-state index in [0.717, 1.165) is 25.7 Å². The lowest BCUT2D eigenvalue weighted by molar-refractivity contribution is -0.143. The topological polar surface area (TPSA) is 79.5 Å². The SMILES string of the molecule is CCOC(=O)CCCNC(=O)c1cc(F)c(NC2CCCCCC2)cc1NC1CCCC1. The third-order valence-corrected chi connectivity index (χ3v) is 6.43. The van der Waals surface area contributed by atoms with Crippen molar-refractivity contribution in [1.29, 1.82) is 0 Å². The van der Waals surface area contributed by atoms with Gasteiger partial charge < -0.3 is 20.7 Å². The molecule has 0 atom stereocenters. The molecule has 1 aromatic rings. The van der Waals surface area contributed by atoms with Gasteiger partial charge in [0.1, 0.15) is 5.82 Å². The summed E-state index contributed by atoms with van der Waals surface area (Å²) >= 11 is 0. The molecule has 0 unspecified atom stereocenters. The first-order valence-corrected chi connectivity index (χ1v) is 12.4. The fraction of sp³-hybridized carbons (Fsp3) is 0.680. The Hall–Kier alpha value is -2.31. The zero-order valence-corrected chi connectivity index (χ0v) is 19.3. The van der Waals surface area contributed by atoms with Crippen molar-refractivity contribution in [3.05, 3.63) is 23.5 Å². The molecular weight excluding hydrogens is 409 g/mol. The Morgan fingerprint density at radius 2 is 1.53 bits per heavy atom. The summed E-state index contributed by atoms with van der Waals surface area (Å²) in [6.45, 7) is 2.45. The van der Waals surface area contributed by atoms with Crippen LogP contribution in [0, 0.1) is 5.82 Å². The summed E-state index contributed by atoms with van der Waals surface area (Å²) in [5.74, 6) is -0.998. The maximum atomic E-state index is 15.0. The second-order valence-electron chi connectivity index (χ2n) is 9.00. The number of hydrogen-bond acceptors (Lipinski definition) is 5. The van der Waals surface area contributed by atoms with E-state index in [1.165, 1.54) is 44.6 Å². The van der Waals surface area contributed by atoms with Gasteiger partial charge in [-0.15, -0.1) is 0 Å². The molecule has 0 spiro atoms. The number of benzene rings is 1. The summed E-state index contributed by atoms with van der Waals surface area (Å²) in [6, 6.07) is 3.69. The highest BCUT2D eigenvalue weighted by Gasteiger charge is 2.22. The minimum Gasteiger partial charge on any atom is -0.466 e. The lowest BCUT2D eigenvalue weighted by Crippen LogP contribution is -2.28. The lowest BCUT2D eigenvalue weighted by atomic mass is 10.1. The van der Waals surface area contributed by atoms with Crippen molar-refractivity contribution >= 4 is 23.3 Å². The van der Waals surface area contributed by atoms with Gasteiger partial charge in [-0.2, -0.15) is 0 Å². The van der Waals surface area contributed by atoms with Gasteiger partial charge in [0.25, 0.3) is 5.91 Å². The monoisotopic (exact) mass is 447 g/mol. The fourth-order valence-electron chi connectivity index (χ4n) is 4.69. The lowest BCUT2D eigenvalue weighted by Gasteiger charge is -2.22. The van der Waals surface area contributed by atoms with Crippen LogP contribution in [0.1, 0.15) is 94.3 Å². The molecule has 0 heterocycles. The molecule has 0 aliphatic heterocycles. The predicted octanol–water partition coefficient (Wildman–Crippen LogP) is 5.39. The molecule has 2 saturated carbocycles. The van der Waals surface area contributed by atoms with E-state index >= 15 is 4.39 Å². The van der Waals surface area contributed by atoms with Crippen LogP contribution in [0.5, 0.6) is 0 Å². The van der Waals surface area contributed by atoms with E-state index in [0.29, 0.717) is 42.6 Å². The Labute approximate surface area is 191 Å². The first-order chi connectivity index (χ1) is 15.6. The summed E-state index contributed by atoms with van der Waals surface area (Å²) in [6.07, 6.45) is 12.1. The van der Waals surface area contributed by atoms with Crippen molar-refractivity contribution in [1.82, 2.24) is 5.32 Å². The van der Waals surface area contributed by atoms with Gasteiger partial charge in [-0.1, -0.05) is 38.5 Å². The van der Waals surface area contributed by atoms with Crippen molar-refractivity contribution in [3.63, 3.8) is 0 Å². The summed E-state index contributed by atoms with van der Waals surface area (Å²) in [4.78, 5) is 24.3. The van der Waals surface area contributed by atoms with Crippen LogP contribution in [0.25, 0.3) is 0 Å². The van der Waals surface area contributed by atoms with Gasteiger partial charge >= 0.3 is 5.97 Å². The third-order valence-electron chi connectivity index (χ3n) is 6.43. The Balaban J connectivity index is 1.69. The van der Waals surface area contributed by atoms with Crippen LogP contribution in [0.4, 0.5) is 15.8 Å². The molecule has 3 rings (SSSR count). The zero-order chi connectivity index (χ0) is 22.8. The number of carbonyl (C=O) groups is 2. The molecule has 7 heteroatoms. The van der Waals surface area contributed by atoms with Crippen LogP contribution in [0.3, 0.4) is 0 Å². The number of esters is 1. The van der Waals surface area contributed by atoms with Crippen LogP contribution in [-0.4, -0.2) is 37.1 Å². The normalized spacial score (nSPS) is 17.6. The van der Waals surface area contributed by atoms with Gasteiger partial charge in [-0.3, -0.25) is 9.59 Å². The maximum Gasteiger partial charge on any atom is 0.305 e. The molecule has 1 aromatic carbocycles. The molecule has 32 heavy (non-hydrogen) atoms. The second kappa shape index (κ2) is 12.7. The van der Waals surface area contributed by atoms with Gasteiger partial charge in [0, 0.05) is 30.7 Å². The Morgan fingerprint density at radius 1 is 0.938 bits per heavy atom. The summed E-state index contributed by atoms with van der Waals surface area (Å²) in [5, 5.41) is 9.71. The number of hydrogen-bond donors (Lipinski definition) is 3. The van der Waals surface area contributed by atoms with Crippen molar-refractivity contribution in [2.75, 3.05) is 23.8 Å². The molecule has 2 fully saturated rings. The first-order valence-electron chi connectivity index (χ1n) is 12.4. The first kappa shape index (κ1) is 24.3. The molecule has 2 aliphatic carbocycles. The van der Waals surface area contributed by atoms with Crippen LogP contribution >= 0.6 is 0 Å². The quantitative estimate of drug-likeness (QED) is 0.255. The Kier molecular flexibility index (Phi) is 9.62. The molecule has 178 valence electrons. The van der Waals surface area contributed by atoms with E-state index in [9.17, 15) is 9.59 Å². The third kappa shape index (κ3) is 7.38. The molecule has 3 N–H and O–H groups in total. The van der Waals surface area contributed by atoms with Crippen LogP contribution in [0.15, 0.2) is 12.1 Å². The zero-order valence-electron chi connectivity index (χ0n) is 19.3. The smallest absolute Gasteiger partial charge is 0.305 e. The number of ether oxygens (including phenoxy) is 1. The number of amides is 1. The van der Waals surface area contributed by atoms with E-state index in [4.69, 9.17) is 4.74 Å². The van der Waals surface area contributed by atoms with Crippen LogP contribution < -0.4 is 16.0 Å². The number of anilines is 2. The van der Waals surface area contributed by atoms with E-state index < -0.39 is 5.82 Å². The number of nitrogens with one attached hydrogen (secondary N) is 3. The molecule has 0 bridgehead atoms. The molecular formula is C25H38FN3O3. The summed E-state index contributed by atoms with van der Waals surface area (Å²) in [5.41, 5.74) is 1.46. The maximum absolute atomic E-state index is 15.0. The van der Waals surface area contributed by atoms with Crippen LogP contribution in [-0.2, 0) is 9.53 Å². The minimum absolute atomic E-state index is 0.250. The number of carbonyl (C=O) groups excluding carboxylic acids is 2. The molecule has 0 radical (unpaired) electrons. The van der Waals surface area contributed by atoms with E-state index in [1.54, 1.807) is 13.0 Å². The van der Waals surface area contributed by atoms with Crippen LogP contribution in [0.2, 0.25) is 0 Å². The minimum atomic E-state index is -0.400. The Bertz CT molecular complexity index is 757. The highest BCUT2D eigenvalue weighted by atomic mass is 19.1. The van der Waals surface area contributed by atoms with E-state index in [-0.39, 0.29) is 24.3 Å². The average Bonchev–Trinajstić information content (AvgIpc) is 3.15. The molecule has 6 nitrogen and oxygen atoms in total. The average molecular weight is 448 g/mol. The molecule has 0 saturated heterocycles.